The third-order valence-electron chi connectivity index (χ3n) is 3.18. The fraction of sp³-hybridized carbons (Fsp3) is 0.267. The highest BCUT2D eigenvalue weighted by Crippen LogP contribution is 2.22. The van der Waals surface area contributed by atoms with Crippen LogP contribution in [0.15, 0.2) is 41.0 Å². The Kier molecular flexibility index (Phi) is 5.36. The maximum absolute atomic E-state index is 12.2. The number of hydrogen-bond donors (Lipinski definition) is 2. The van der Waals surface area contributed by atoms with E-state index in [1.54, 1.807) is 19.1 Å². The first kappa shape index (κ1) is 17.0. The van der Waals surface area contributed by atoms with Gasteiger partial charge in [-0.3, -0.25) is 14.9 Å². The molecule has 0 spiro atoms. The molecule has 7 nitrogen and oxygen atoms in total. The summed E-state index contributed by atoms with van der Waals surface area (Å²) in [5, 5.41) is 23.5. The number of nitro groups is 1. The van der Waals surface area contributed by atoms with Crippen molar-refractivity contribution < 1.29 is 19.2 Å². The Bertz CT molecular complexity index is 702. The van der Waals surface area contributed by atoms with E-state index in [0.717, 1.165) is 6.07 Å². The van der Waals surface area contributed by atoms with Gasteiger partial charge in [-0.05, 0) is 25.1 Å². The highest BCUT2D eigenvalue weighted by Gasteiger charge is 2.19. The molecule has 2 unspecified atom stereocenters. The molecule has 0 fully saturated rings. The molecule has 8 heteroatoms. The van der Waals surface area contributed by atoms with Gasteiger partial charge in [-0.2, -0.15) is 0 Å². The number of carbonyl (C=O) groups is 1. The summed E-state index contributed by atoms with van der Waals surface area (Å²) in [7, 11) is 0. The van der Waals surface area contributed by atoms with Crippen molar-refractivity contribution >= 4 is 23.2 Å². The minimum atomic E-state index is -0.853. The van der Waals surface area contributed by atoms with Crippen molar-refractivity contribution in [1.82, 2.24) is 5.32 Å². The van der Waals surface area contributed by atoms with Crippen LogP contribution in [0.2, 0.25) is 5.02 Å². The molecule has 1 aromatic heterocycles. The van der Waals surface area contributed by atoms with Crippen molar-refractivity contribution in [3.63, 3.8) is 0 Å². The number of benzene rings is 1. The van der Waals surface area contributed by atoms with Gasteiger partial charge in [-0.25, -0.2) is 0 Å². The Labute approximate surface area is 137 Å². The van der Waals surface area contributed by atoms with Crippen LogP contribution < -0.4 is 5.32 Å². The predicted molar refractivity (Wildman–Crippen MR) is 83.3 cm³/mol. The van der Waals surface area contributed by atoms with E-state index in [-0.39, 0.29) is 28.7 Å². The van der Waals surface area contributed by atoms with Crippen LogP contribution in [-0.2, 0) is 0 Å². The zero-order chi connectivity index (χ0) is 17.0. The number of nitrogens with zero attached hydrogens (tertiary/aromatic N) is 1. The van der Waals surface area contributed by atoms with Gasteiger partial charge in [0.25, 0.3) is 11.6 Å². The van der Waals surface area contributed by atoms with E-state index in [1.807, 2.05) is 0 Å². The number of furan rings is 1. The Morgan fingerprint density at radius 3 is 2.83 bits per heavy atom. The number of nitrogens with one attached hydrogen (secondary N) is 1. The van der Waals surface area contributed by atoms with Crippen LogP contribution in [0.3, 0.4) is 0 Å². The summed E-state index contributed by atoms with van der Waals surface area (Å²) < 4.78 is 5.09. The summed E-state index contributed by atoms with van der Waals surface area (Å²) in [6.07, 6.45) is 0.837. The molecule has 0 bridgehead atoms. The smallest absolute Gasteiger partial charge is 0.271 e. The molecule has 0 saturated heterocycles. The quantitative estimate of drug-likeness (QED) is 0.622. The van der Waals surface area contributed by atoms with Gasteiger partial charge in [0.05, 0.1) is 11.2 Å². The molecule has 1 aromatic carbocycles. The Balaban J connectivity index is 2.02. The van der Waals surface area contributed by atoms with Crippen molar-refractivity contribution in [2.24, 2.45) is 0 Å². The number of non-ortho nitro benzene ring substituents is 1. The van der Waals surface area contributed by atoms with Crippen molar-refractivity contribution in [2.45, 2.75) is 25.5 Å². The van der Waals surface area contributed by atoms with Crippen molar-refractivity contribution in [1.29, 1.82) is 0 Å². The van der Waals surface area contributed by atoms with Gasteiger partial charge in [0.1, 0.15) is 11.9 Å². The zero-order valence-corrected chi connectivity index (χ0v) is 13.0. The molecule has 1 amide bonds. The van der Waals surface area contributed by atoms with Crippen LogP contribution in [-0.4, -0.2) is 22.0 Å². The van der Waals surface area contributed by atoms with E-state index in [4.69, 9.17) is 16.0 Å². The van der Waals surface area contributed by atoms with Gasteiger partial charge in [0.2, 0.25) is 0 Å². The van der Waals surface area contributed by atoms with E-state index in [9.17, 15) is 20.0 Å². The minimum absolute atomic E-state index is 0.0866. The summed E-state index contributed by atoms with van der Waals surface area (Å²) in [6.45, 7) is 1.71. The van der Waals surface area contributed by atoms with E-state index in [2.05, 4.69) is 5.32 Å². The lowest BCUT2D eigenvalue weighted by Gasteiger charge is -2.16. The average Bonchev–Trinajstić information content (AvgIpc) is 3.00. The first-order valence-corrected chi connectivity index (χ1v) is 7.22. The summed E-state index contributed by atoms with van der Waals surface area (Å²) in [4.78, 5) is 22.3. The number of nitro benzene ring substituents is 1. The van der Waals surface area contributed by atoms with Crippen LogP contribution in [0.5, 0.6) is 0 Å². The number of aliphatic hydroxyl groups is 1. The molecule has 2 atom stereocenters. The third-order valence-corrected chi connectivity index (χ3v) is 3.40. The minimum Gasteiger partial charge on any atom is -0.467 e. The van der Waals surface area contributed by atoms with E-state index < -0.39 is 16.9 Å². The second-order valence-corrected chi connectivity index (χ2v) is 5.53. The number of amides is 1. The average molecular weight is 339 g/mol. The van der Waals surface area contributed by atoms with Gasteiger partial charge in [0, 0.05) is 35.2 Å². The molecule has 0 aliphatic rings. The molecule has 23 heavy (non-hydrogen) atoms. The maximum Gasteiger partial charge on any atom is 0.271 e. The fourth-order valence-corrected chi connectivity index (χ4v) is 2.34. The van der Waals surface area contributed by atoms with Crippen LogP contribution in [0, 0.1) is 10.1 Å². The highest BCUT2D eigenvalue weighted by molar-refractivity contribution is 6.31. The predicted octanol–water partition coefficient (Wildman–Crippen LogP) is 3.08. The van der Waals surface area contributed by atoms with E-state index >= 15 is 0 Å². The number of aliphatic hydroxyl groups excluding tert-OH is 1. The lowest BCUT2D eigenvalue weighted by Crippen LogP contribution is -2.33. The molecule has 0 aliphatic carbocycles. The first-order chi connectivity index (χ1) is 10.9. The molecule has 2 rings (SSSR count). The summed E-state index contributed by atoms with van der Waals surface area (Å²) >= 11 is 5.79. The Morgan fingerprint density at radius 2 is 2.22 bits per heavy atom. The van der Waals surface area contributed by atoms with Gasteiger partial charge < -0.3 is 14.8 Å². The van der Waals surface area contributed by atoms with Crippen LogP contribution in [0.4, 0.5) is 5.69 Å². The number of carbonyl (C=O) groups excluding carboxylic acids is 1. The maximum atomic E-state index is 12.2. The number of hydrogen-bond acceptors (Lipinski definition) is 5. The molecule has 0 saturated carbocycles. The Morgan fingerprint density at radius 1 is 1.48 bits per heavy atom. The second kappa shape index (κ2) is 7.26. The standard InChI is InChI=1S/C15H15ClN2O5/c1-9(5-13(19)14-3-2-4-23-14)17-15(20)10-6-11(16)8-12(7-10)18(21)22/h2-4,6-9,13,19H,5H2,1H3,(H,17,20). The lowest BCUT2D eigenvalue weighted by atomic mass is 10.1. The molecule has 0 radical (unpaired) electrons. The van der Waals surface area contributed by atoms with Crippen molar-refractivity contribution in [3.8, 4) is 0 Å². The van der Waals surface area contributed by atoms with Gasteiger partial charge in [0.15, 0.2) is 0 Å². The zero-order valence-electron chi connectivity index (χ0n) is 12.2. The van der Waals surface area contributed by atoms with Gasteiger partial charge >= 0.3 is 0 Å². The largest absolute Gasteiger partial charge is 0.467 e. The molecule has 0 aliphatic heterocycles. The summed E-state index contributed by atoms with van der Waals surface area (Å²) in [5.41, 5.74) is -0.172. The third kappa shape index (κ3) is 4.54. The van der Waals surface area contributed by atoms with Crippen molar-refractivity contribution in [3.05, 3.63) is 63.1 Å². The molecule has 122 valence electrons. The fourth-order valence-electron chi connectivity index (χ4n) is 2.11. The molecule has 1 heterocycles. The van der Waals surface area contributed by atoms with E-state index in [0.29, 0.717) is 5.76 Å². The van der Waals surface area contributed by atoms with Crippen molar-refractivity contribution in [2.75, 3.05) is 0 Å². The highest BCUT2D eigenvalue weighted by atomic mass is 35.5. The first-order valence-electron chi connectivity index (χ1n) is 6.84. The lowest BCUT2D eigenvalue weighted by molar-refractivity contribution is -0.384. The van der Waals surface area contributed by atoms with E-state index in [1.165, 1.54) is 18.4 Å². The summed E-state index contributed by atoms with van der Waals surface area (Å²) in [5.74, 6) is -0.0979. The van der Waals surface area contributed by atoms with Crippen LogP contribution in [0.25, 0.3) is 0 Å². The van der Waals surface area contributed by atoms with Gasteiger partial charge in [-0.15, -0.1) is 0 Å². The van der Waals surface area contributed by atoms with Gasteiger partial charge in [-0.1, -0.05) is 11.6 Å². The topological polar surface area (TPSA) is 106 Å². The molecule has 2 aromatic rings. The van der Waals surface area contributed by atoms with Crippen LogP contribution >= 0.6 is 11.6 Å². The SMILES string of the molecule is CC(CC(O)c1ccco1)NC(=O)c1cc(Cl)cc([N+](=O)[O-])c1. The second-order valence-electron chi connectivity index (χ2n) is 5.10. The Hall–Kier alpha value is -2.38. The van der Waals surface area contributed by atoms with Crippen LogP contribution in [0.1, 0.15) is 35.6 Å². The monoisotopic (exact) mass is 338 g/mol. The number of halogens is 1. The number of rotatable bonds is 6. The molecular weight excluding hydrogens is 324 g/mol. The summed E-state index contributed by atoms with van der Waals surface area (Å²) in [6, 6.07) is 6.59. The normalized spacial score (nSPS) is 13.3. The molecular formula is C15H15ClN2O5. The molecule has 2 N–H and O–H groups in total.